The second kappa shape index (κ2) is 7.75. The maximum atomic E-state index is 11.6. The van der Waals surface area contributed by atoms with Crippen molar-refractivity contribution in [2.24, 2.45) is 0 Å². The van der Waals surface area contributed by atoms with E-state index in [0.717, 1.165) is 15.1 Å². The van der Waals surface area contributed by atoms with Crippen LogP contribution in [0.4, 0.5) is 10.6 Å². The van der Waals surface area contributed by atoms with Gasteiger partial charge in [-0.1, -0.05) is 6.92 Å². The van der Waals surface area contributed by atoms with Crippen molar-refractivity contribution < 1.29 is 19.4 Å². The van der Waals surface area contributed by atoms with Gasteiger partial charge in [-0.05, 0) is 28.5 Å². The molecule has 1 aromatic rings. The van der Waals surface area contributed by atoms with Crippen LogP contribution in [0, 0.1) is 3.70 Å². The fourth-order valence-corrected chi connectivity index (χ4v) is 3.48. The Labute approximate surface area is 148 Å². The number of hydrogen-bond acceptors (Lipinski definition) is 6. The van der Waals surface area contributed by atoms with Crippen LogP contribution in [0.3, 0.4) is 0 Å². The Bertz CT molecular complexity index is 590. The van der Waals surface area contributed by atoms with E-state index in [-0.39, 0.29) is 18.3 Å². The molecule has 1 aliphatic rings. The largest absolute Gasteiger partial charge is 0.469 e. The molecular formula is C14H19IN4O4. The summed E-state index contributed by atoms with van der Waals surface area (Å²) in [6, 6.07) is 0. The van der Waals surface area contributed by atoms with Crippen LogP contribution in [-0.2, 0) is 9.53 Å². The Morgan fingerprint density at radius 1 is 1.35 bits per heavy atom. The highest BCUT2D eigenvalue weighted by atomic mass is 127. The second-order valence-electron chi connectivity index (χ2n) is 5.34. The van der Waals surface area contributed by atoms with Crippen molar-refractivity contribution >= 4 is 40.5 Å². The number of aromatic nitrogens is 2. The maximum Gasteiger partial charge on any atom is 0.407 e. The van der Waals surface area contributed by atoms with Gasteiger partial charge in [0.1, 0.15) is 15.8 Å². The molecule has 0 bridgehead atoms. The van der Waals surface area contributed by atoms with Crippen LogP contribution in [0.25, 0.3) is 0 Å². The number of nitrogens with zero attached hydrogens (tertiary/aromatic N) is 4. The van der Waals surface area contributed by atoms with E-state index < -0.39 is 6.09 Å². The highest BCUT2D eigenvalue weighted by Gasteiger charge is 2.26. The smallest absolute Gasteiger partial charge is 0.407 e. The first-order valence-electron chi connectivity index (χ1n) is 7.24. The lowest BCUT2D eigenvalue weighted by Gasteiger charge is -2.35. The van der Waals surface area contributed by atoms with E-state index in [0.29, 0.717) is 26.2 Å². The lowest BCUT2D eigenvalue weighted by Crippen LogP contribution is -2.49. The van der Waals surface area contributed by atoms with Crippen LogP contribution in [0.15, 0.2) is 6.33 Å². The molecule has 1 saturated heterocycles. The Kier molecular flexibility index (Phi) is 5.97. The molecule has 1 aliphatic heterocycles. The molecule has 0 aliphatic carbocycles. The van der Waals surface area contributed by atoms with Crippen LogP contribution >= 0.6 is 22.6 Å². The molecule has 23 heavy (non-hydrogen) atoms. The highest BCUT2D eigenvalue weighted by molar-refractivity contribution is 14.1. The van der Waals surface area contributed by atoms with Crippen molar-refractivity contribution in [2.45, 2.75) is 19.3 Å². The van der Waals surface area contributed by atoms with Gasteiger partial charge >= 0.3 is 12.1 Å². The maximum absolute atomic E-state index is 11.6. The molecule has 2 heterocycles. The van der Waals surface area contributed by atoms with Crippen LogP contribution < -0.4 is 4.90 Å². The topological polar surface area (TPSA) is 95.9 Å². The Morgan fingerprint density at radius 2 is 2.00 bits per heavy atom. The molecule has 0 aromatic carbocycles. The molecule has 1 atom stereocenters. The third kappa shape index (κ3) is 4.21. The molecule has 1 aromatic heterocycles. The normalized spacial score (nSPS) is 16.1. The van der Waals surface area contributed by atoms with Gasteiger partial charge in [-0.2, -0.15) is 0 Å². The number of methoxy groups -OCH3 is 1. The number of rotatable bonds is 4. The Morgan fingerprint density at radius 3 is 2.57 bits per heavy atom. The first-order valence-corrected chi connectivity index (χ1v) is 8.32. The summed E-state index contributed by atoms with van der Waals surface area (Å²) in [5.41, 5.74) is 0.905. The second-order valence-corrected chi connectivity index (χ2v) is 6.36. The number of anilines is 1. The molecule has 0 spiro atoms. The van der Waals surface area contributed by atoms with Gasteiger partial charge in [-0.3, -0.25) is 4.79 Å². The van der Waals surface area contributed by atoms with Gasteiger partial charge in [0.2, 0.25) is 0 Å². The molecule has 0 unspecified atom stereocenters. The third-order valence-corrected chi connectivity index (χ3v) is 4.72. The monoisotopic (exact) mass is 434 g/mol. The number of ether oxygens (including phenoxy) is 1. The zero-order chi connectivity index (χ0) is 17.0. The molecule has 9 heteroatoms. The molecule has 1 N–H and O–H groups in total. The van der Waals surface area contributed by atoms with Crippen molar-refractivity contribution in [3.05, 3.63) is 15.6 Å². The zero-order valence-corrected chi connectivity index (χ0v) is 15.2. The predicted octanol–water partition coefficient (Wildman–Crippen LogP) is 1.55. The first kappa shape index (κ1) is 17.7. The number of carbonyl (C=O) groups excluding carboxylic acids is 1. The van der Waals surface area contributed by atoms with Gasteiger partial charge in [0, 0.05) is 31.7 Å². The van der Waals surface area contributed by atoms with E-state index in [9.17, 15) is 9.59 Å². The number of hydrogen-bond donors (Lipinski definition) is 1. The van der Waals surface area contributed by atoms with E-state index >= 15 is 0 Å². The van der Waals surface area contributed by atoms with Crippen molar-refractivity contribution in [2.75, 3.05) is 38.2 Å². The molecule has 8 nitrogen and oxygen atoms in total. The summed E-state index contributed by atoms with van der Waals surface area (Å²) in [5, 5.41) is 9.04. The van der Waals surface area contributed by atoms with Gasteiger partial charge in [0.25, 0.3) is 0 Å². The predicted molar refractivity (Wildman–Crippen MR) is 91.6 cm³/mol. The first-order chi connectivity index (χ1) is 10.9. The number of carboxylic acid groups (broad SMARTS) is 1. The van der Waals surface area contributed by atoms with E-state index in [1.807, 2.05) is 11.8 Å². The summed E-state index contributed by atoms with van der Waals surface area (Å²) in [5.74, 6) is 0.410. The fraction of sp³-hybridized carbons (Fsp3) is 0.571. The lowest BCUT2D eigenvalue weighted by molar-refractivity contribution is -0.140. The van der Waals surface area contributed by atoms with E-state index in [4.69, 9.17) is 9.84 Å². The molecule has 0 radical (unpaired) electrons. The fourth-order valence-electron chi connectivity index (χ4n) is 2.59. The van der Waals surface area contributed by atoms with E-state index in [2.05, 4.69) is 32.6 Å². The average molecular weight is 434 g/mol. The van der Waals surface area contributed by atoms with Crippen LogP contribution in [0.5, 0.6) is 0 Å². The Balaban J connectivity index is 2.21. The minimum Gasteiger partial charge on any atom is -0.469 e. The molecule has 0 saturated carbocycles. The zero-order valence-electron chi connectivity index (χ0n) is 13.0. The summed E-state index contributed by atoms with van der Waals surface area (Å²) in [6.45, 7) is 3.94. The quantitative estimate of drug-likeness (QED) is 0.437. The van der Waals surface area contributed by atoms with E-state index in [1.165, 1.54) is 18.3 Å². The minimum atomic E-state index is -0.902. The van der Waals surface area contributed by atoms with Crippen LogP contribution in [-0.4, -0.2) is 65.3 Å². The number of halogens is 1. The van der Waals surface area contributed by atoms with Crippen LogP contribution in [0.1, 0.15) is 24.8 Å². The van der Waals surface area contributed by atoms with Gasteiger partial charge in [0.05, 0.1) is 13.5 Å². The van der Waals surface area contributed by atoms with E-state index in [1.54, 1.807) is 0 Å². The number of esters is 1. The highest BCUT2D eigenvalue weighted by Crippen LogP contribution is 2.31. The third-order valence-electron chi connectivity index (χ3n) is 3.86. The number of piperazine rings is 1. The molecule has 2 rings (SSSR count). The van der Waals surface area contributed by atoms with Gasteiger partial charge in [0.15, 0.2) is 0 Å². The van der Waals surface area contributed by atoms with Gasteiger partial charge < -0.3 is 19.6 Å². The van der Waals surface area contributed by atoms with Crippen molar-refractivity contribution in [1.29, 1.82) is 0 Å². The SMILES string of the molecule is COC(=O)C[C@@H](C)c1c(I)ncnc1N1CCN(C(=O)O)CC1. The van der Waals surface area contributed by atoms with Gasteiger partial charge in [-0.25, -0.2) is 14.8 Å². The summed E-state index contributed by atoms with van der Waals surface area (Å²) in [7, 11) is 1.37. The van der Waals surface area contributed by atoms with Crippen molar-refractivity contribution in [3.8, 4) is 0 Å². The van der Waals surface area contributed by atoms with Gasteiger partial charge in [-0.15, -0.1) is 0 Å². The summed E-state index contributed by atoms with van der Waals surface area (Å²) in [4.78, 5) is 34.6. The molecule has 1 amide bonds. The lowest BCUT2D eigenvalue weighted by atomic mass is 9.99. The average Bonchev–Trinajstić information content (AvgIpc) is 2.54. The number of carbonyl (C=O) groups is 2. The summed E-state index contributed by atoms with van der Waals surface area (Å²) in [6.07, 6.45) is 0.845. The van der Waals surface area contributed by atoms with Crippen molar-refractivity contribution in [3.63, 3.8) is 0 Å². The molecule has 126 valence electrons. The minimum absolute atomic E-state index is 0.0805. The Hall–Kier alpha value is -1.65. The standard InChI is InChI=1S/C14H19IN4O4/c1-9(7-10(20)23-2)11-12(15)16-8-17-13(11)18-3-5-19(6-4-18)14(21)22/h8-9H,3-7H2,1-2H3,(H,21,22)/t9-/m1/s1. The summed E-state index contributed by atoms with van der Waals surface area (Å²) >= 11 is 2.14. The molecule has 1 fully saturated rings. The van der Waals surface area contributed by atoms with Crippen LogP contribution in [0.2, 0.25) is 0 Å². The molecular weight excluding hydrogens is 415 g/mol. The summed E-state index contributed by atoms with van der Waals surface area (Å²) < 4.78 is 5.54. The van der Waals surface area contributed by atoms with Crippen molar-refractivity contribution in [1.82, 2.24) is 14.9 Å². The number of amides is 1.